The minimum atomic E-state index is -0.262. The average molecular weight is 349 g/mol. The maximum Gasteiger partial charge on any atom is 0.249 e. The van der Waals surface area contributed by atoms with Gasteiger partial charge in [0.2, 0.25) is 5.91 Å². The minimum Gasteiger partial charge on any atom is -0.368 e. The van der Waals surface area contributed by atoms with Gasteiger partial charge in [-0.05, 0) is 37.0 Å². The van der Waals surface area contributed by atoms with Crippen molar-refractivity contribution < 1.29 is 9.53 Å². The Morgan fingerprint density at radius 3 is 2.88 bits per heavy atom. The Hall–Kier alpha value is -2.66. The number of amides is 1. The lowest BCUT2D eigenvalue weighted by Crippen LogP contribution is -2.35. The highest BCUT2D eigenvalue weighted by Crippen LogP contribution is 2.24. The summed E-state index contributed by atoms with van der Waals surface area (Å²) in [4.78, 5) is 16.8. The van der Waals surface area contributed by atoms with Gasteiger partial charge in [0, 0.05) is 25.8 Å². The van der Waals surface area contributed by atoms with E-state index in [9.17, 15) is 4.79 Å². The molecule has 0 saturated carbocycles. The van der Waals surface area contributed by atoms with Crippen LogP contribution in [0.4, 0.5) is 0 Å². The molecule has 0 aliphatic carbocycles. The summed E-state index contributed by atoms with van der Waals surface area (Å²) in [5, 5.41) is 2.97. The smallest absolute Gasteiger partial charge is 0.249 e. The second-order valence-corrected chi connectivity index (χ2v) is 6.73. The molecule has 1 fully saturated rings. The Labute approximate surface area is 153 Å². The van der Waals surface area contributed by atoms with Crippen molar-refractivity contribution in [1.82, 2.24) is 14.9 Å². The zero-order valence-electron chi connectivity index (χ0n) is 14.9. The van der Waals surface area contributed by atoms with E-state index in [1.54, 1.807) is 0 Å². The number of hydrogen-bond donors (Lipinski definition) is 1. The molecule has 2 heterocycles. The summed E-state index contributed by atoms with van der Waals surface area (Å²) in [7, 11) is 2.04. The van der Waals surface area contributed by atoms with Crippen LogP contribution in [0.15, 0.2) is 48.5 Å². The first-order valence-corrected chi connectivity index (χ1v) is 9.12. The van der Waals surface area contributed by atoms with Gasteiger partial charge in [-0.25, -0.2) is 4.98 Å². The first kappa shape index (κ1) is 16.8. The Balaban J connectivity index is 1.46. The molecule has 134 valence electrons. The highest BCUT2D eigenvalue weighted by atomic mass is 16.5. The first-order valence-electron chi connectivity index (χ1n) is 9.12. The molecule has 3 aromatic rings. The molecule has 1 aliphatic heterocycles. The van der Waals surface area contributed by atoms with Crippen molar-refractivity contribution in [1.29, 1.82) is 0 Å². The molecule has 1 saturated heterocycles. The van der Waals surface area contributed by atoms with Crippen molar-refractivity contribution in [2.75, 3.05) is 13.2 Å². The summed E-state index contributed by atoms with van der Waals surface area (Å²) < 4.78 is 7.53. The fourth-order valence-electron chi connectivity index (χ4n) is 3.47. The van der Waals surface area contributed by atoms with Crippen molar-refractivity contribution in [3.8, 4) is 11.4 Å². The van der Waals surface area contributed by atoms with Gasteiger partial charge in [-0.1, -0.05) is 36.4 Å². The van der Waals surface area contributed by atoms with Gasteiger partial charge in [-0.2, -0.15) is 0 Å². The van der Waals surface area contributed by atoms with Crippen LogP contribution in [0, 0.1) is 0 Å². The van der Waals surface area contributed by atoms with Crippen LogP contribution in [0.3, 0.4) is 0 Å². The lowest BCUT2D eigenvalue weighted by atomic mass is 10.1. The monoisotopic (exact) mass is 349 g/mol. The predicted molar refractivity (Wildman–Crippen MR) is 102 cm³/mol. The molecule has 4 rings (SSSR count). The van der Waals surface area contributed by atoms with Crippen LogP contribution in [-0.4, -0.2) is 34.7 Å². The minimum absolute atomic E-state index is 0.00720. The SMILES string of the molecule is Cn1c(-c2ccccc2)nc2cc(CCNC(=O)C3CCCO3)ccc21. The summed E-state index contributed by atoms with van der Waals surface area (Å²) >= 11 is 0. The fourth-order valence-corrected chi connectivity index (χ4v) is 3.47. The number of fused-ring (bicyclic) bond motifs is 1. The van der Waals surface area contributed by atoms with Crippen LogP contribution < -0.4 is 5.32 Å². The second-order valence-electron chi connectivity index (χ2n) is 6.73. The van der Waals surface area contributed by atoms with E-state index in [0.717, 1.165) is 41.7 Å². The predicted octanol–water partition coefficient (Wildman–Crippen LogP) is 3.08. The van der Waals surface area contributed by atoms with E-state index in [2.05, 4.69) is 40.2 Å². The van der Waals surface area contributed by atoms with E-state index in [-0.39, 0.29) is 12.0 Å². The maximum atomic E-state index is 12.0. The van der Waals surface area contributed by atoms with E-state index < -0.39 is 0 Å². The number of hydrogen-bond acceptors (Lipinski definition) is 3. The van der Waals surface area contributed by atoms with E-state index >= 15 is 0 Å². The van der Waals surface area contributed by atoms with Crippen LogP contribution in [-0.2, 0) is 23.0 Å². The van der Waals surface area contributed by atoms with Gasteiger partial charge >= 0.3 is 0 Å². The molecule has 1 aromatic heterocycles. The van der Waals surface area contributed by atoms with Gasteiger partial charge in [0.25, 0.3) is 0 Å². The lowest BCUT2D eigenvalue weighted by Gasteiger charge is -2.10. The summed E-state index contributed by atoms with van der Waals surface area (Å²) in [6.07, 6.45) is 2.32. The van der Waals surface area contributed by atoms with Gasteiger partial charge in [0.1, 0.15) is 11.9 Å². The number of rotatable bonds is 5. The number of carbonyl (C=O) groups excluding carboxylic acids is 1. The van der Waals surface area contributed by atoms with Crippen LogP contribution in [0.2, 0.25) is 0 Å². The largest absolute Gasteiger partial charge is 0.368 e. The van der Waals surface area contributed by atoms with Gasteiger partial charge in [0.15, 0.2) is 0 Å². The molecule has 0 bridgehead atoms. The van der Waals surface area contributed by atoms with Crippen molar-refractivity contribution in [3.63, 3.8) is 0 Å². The van der Waals surface area contributed by atoms with Crippen molar-refractivity contribution in [3.05, 3.63) is 54.1 Å². The maximum absolute atomic E-state index is 12.0. The number of ether oxygens (including phenoxy) is 1. The third-order valence-electron chi connectivity index (χ3n) is 4.91. The number of nitrogens with zero attached hydrogens (tertiary/aromatic N) is 2. The molecule has 1 atom stereocenters. The van der Waals surface area contributed by atoms with Gasteiger partial charge in [0.05, 0.1) is 11.0 Å². The van der Waals surface area contributed by atoms with E-state index in [0.29, 0.717) is 13.2 Å². The number of aryl methyl sites for hydroxylation is 1. The van der Waals surface area contributed by atoms with Gasteiger partial charge in [-0.3, -0.25) is 4.79 Å². The highest BCUT2D eigenvalue weighted by Gasteiger charge is 2.22. The first-order chi connectivity index (χ1) is 12.7. The van der Waals surface area contributed by atoms with Crippen molar-refractivity contribution in [2.24, 2.45) is 7.05 Å². The van der Waals surface area contributed by atoms with Crippen LogP contribution in [0.5, 0.6) is 0 Å². The molecule has 2 aromatic carbocycles. The summed E-state index contributed by atoms with van der Waals surface area (Å²) in [5.41, 5.74) is 4.37. The quantitative estimate of drug-likeness (QED) is 0.770. The topological polar surface area (TPSA) is 56.2 Å². The lowest BCUT2D eigenvalue weighted by molar-refractivity contribution is -0.129. The van der Waals surface area contributed by atoms with Crippen molar-refractivity contribution >= 4 is 16.9 Å². The van der Waals surface area contributed by atoms with E-state index in [1.807, 2.05) is 25.2 Å². The summed E-state index contributed by atoms with van der Waals surface area (Å²) in [6, 6.07) is 16.5. The highest BCUT2D eigenvalue weighted by molar-refractivity contribution is 5.82. The molecule has 5 heteroatoms. The zero-order chi connectivity index (χ0) is 17.9. The van der Waals surface area contributed by atoms with Crippen LogP contribution in [0.25, 0.3) is 22.4 Å². The van der Waals surface area contributed by atoms with Crippen LogP contribution in [0.1, 0.15) is 18.4 Å². The third kappa shape index (κ3) is 3.35. The molecule has 0 spiro atoms. The number of imidazole rings is 1. The Morgan fingerprint density at radius 1 is 1.27 bits per heavy atom. The molecule has 1 unspecified atom stereocenters. The van der Waals surface area contributed by atoms with Gasteiger partial charge in [-0.15, -0.1) is 0 Å². The molecule has 1 N–H and O–H groups in total. The Kier molecular flexibility index (Phi) is 4.71. The second kappa shape index (κ2) is 7.30. The van der Waals surface area contributed by atoms with E-state index in [4.69, 9.17) is 9.72 Å². The zero-order valence-corrected chi connectivity index (χ0v) is 14.9. The number of benzene rings is 2. The Bertz CT molecular complexity index is 912. The van der Waals surface area contributed by atoms with Gasteiger partial charge < -0.3 is 14.6 Å². The molecule has 26 heavy (non-hydrogen) atoms. The summed E-state index contributed by atoms with van der Waals surface area (Å²) in [6.45, 7) is 1.31. The average Bonchev–Trinajstić information content (AvgIpc) is 3.31. The molecule has 0 radical (unpaired) electrons. The molecular formula is C21H23N3O2. The third-order valence-corrected chi connectivity index (χ3v) is 4.91. The number of nitrogens with one attached hydrogen (secondary N) is 1. The normalized spacial score (nSPS) is 16.9. The number of aromatic nitrogens is 2. The summed E-state index contributed by atoms with van der Waals surface area (Å²) in [5.74, 6) is 0.970. The standard InChI is InChI=1S/C21H23N3O2/c1-24-18-10-9-15(11-12-22-21(25)19-8-5-13-26-19)14-17(18)23-20(24)16-6-3-2-4-7-16/h2-4,6-7,9-10,14,19H,5,8,11-13H2,1H3,(H,22,25). The fraction of sp³-hybridized carbons (Fsp3) is 0.333. The Morgan fingerprint density at radius 2 is 2.12 bits per heavy atom. The number of carbonyl (C=O) groups is 1. The molecule has 1 amide bonds. The van der Waals surface area contributed by atoms with Crippen LogP contribution >= 0.6 is 0 Å². The molecule has 1 aliphatic rings. The van der Waals surface area contributed by atoms with E-state index in [1.165, 1.54) is 5.56 Å². The van der Waals surface area contributed by atoms with Crippen molar-refractivity contribution in [2.45, 2.75) is 25.4 Å². The molecular weight excluding hydrogens is 326 g/mol. The molecule has 5 nitrogen and oxygen atoms in total.